The number of hydrogen-bond donors (Lipinski definition) is 1. The minimum atomic E-state index is -3.62. The zero-order chi connectivity index (χ0) is 14.9. The summed E-state index contributed by atoms with van der Waals surface area (Å²) in [6.45, 7) is 3.50. The molecule has 0 atom stereocenters. The molecular formula is C14H13BrClNO2S. The fraction of sp³-hybridized carbons (Fsp3) is 0.143. The van der Waals surface area contributed by atoms with Crippen LogP contribution in [-0.4, -0.2) is 8.42 Å². The van der Waals surface area contributed by atoms with Crippen molar-refractivity contribution in [1.29, 1.82) is 0 Å². The number of sulfonamides is 1. The van der Waals surface area contributed by atoms with Crippen molar-refractivity contribution in [2.45, 2.75) is 18.7 Å². The Hall–Kier alpha value is -1.04. The highest BCUT2D eigenvalue weighted by atomic mass is 79.9. The third-order valence-electron chi connectivity index (χ3n) is 2.84. The van der Waals surface area contributed by atoms with Crippen LogP contribution in [0.25, 0.3) is 0 Å². The predicted molar refractivity (Wildman–Crippen MR) is 85.9 cm³/mol. The maximum absolute atomic E-state index is 12.4. The van der Waals surface area contributed by atoms with Crippen molar-refractivity contribution in [1.82, 2.24) is 0 Å². The molecule has 0 heterocycles. The Labute approximate surface area is 132 Å². The van der Waals surface area contributed by atoms with E-state index in [9.17, 15) is 8.42 Å². The summed E-state index contributed by atoms with van der Waals surface area (Å²) in [5.74, 6) is 0. The van der Waals surface area contributed by atoms with Gasteiger partial charge in [0.1, 0.15) is 0 Å². The number of rotatable bonds is 3. The normalized spacial score (nSPS) is 11.4. The highest BCUT2D eigenvalue weighted by Gasteiger charge is 2.18. The van der Waals surface area contributed by atoms with Crippen LogP contribution in [0.3, 0.4) is 0 Å². The van der Waals surface area contributed by atoms with Gasteiger partial charge in [0, 0.05) is 15.2 Å². The third-order valence-corrected chi connectivity index (χ3v) is 5.30. The second kappa shape index (κ2) is 5.76. The van der Waals surface area contributed by atoms with Gasteiger partial charge in [0.2, 0.25) is 0 Å². The lowest BCUT2D eigenvalue weighted by Crippen LogP contribution is -2.14. The smallest absolute Gasteiger partial charge is 0.262 e. The lowest BCUT2D eigenvalue weighted by atomic mass is 10.2. The van der Waals surface area contributed by atoms with Gasteiger partial charge in [-0.25, -0.2) is 8.42 Å². The van der Waals surface area contributed by atoms with Crippen molar-refractivity contribution in [2.24, 2.45) is 0 Å². The van der Waals surface area contributed by atoms with Gasteiger partial charge in [-0.15, -0.1) is 0 Å². The fourth-order valence-electron chi connectivity index (χ4n) is 1.77. The molecule has 0 aromatic heterocycles. The van der Waals surface area contributed by atoms with E-state index in [0.717, 1.165) is 10.0 Å². The summed E-state index contributed by atoms with van der Waals surface area (Å²) in [7, 11) is -3.62. The molecule has 20 heavy (non-hydrogen) atoms. The van der Waals surface area contributed by atoms with Crippen molar-refractivity contribution >= 4 is 43.2 Å². The van der Waals surface area contributed by atoms with Crippen LogP contribution < -0.4 is 4.72 Å². The Morgan fingerprint density at radius 2 is 1.65 bits per heavy atom. The van der Waals surface area contributed by atoms with Crippen molar-refractivity contribution in [3.63, 3.8) is 0 Å². The van der Waals surface area contributed by atoms with Gasteiger partial charge in [0.15, 0.2) is 0 Å². The monoisotopic (exact) mass is 373 g/mol. The molecule has 0 saturated heterocycles. The lowest BCUT2D eigenvalue weighted by Gasteiger charge is -2.12. The lowest BCUT2D eigenvalue weighted by molar-refractivity contribution is 0.600. The van der Waals surface area contributed by atoms with Gasteiger partial charge in [-0.05, 0) is 61.4 Å². The first-order valence-corrected chi connectivity index (χ1v) is 8.50. The summed E-state index contributed by atoms with van der Waals surface area (Å²) >= 11 is 9.30. The molecule has 0 fully saturated rings. The van der Waals surface area contributed by atoms with E-state index < -0.39 is 10.0 Å². The Kier molecular flexibility index (Phi) is 4.42. The average Bonchev–Trinajstić information content (AvgIpc) is 2.36. The SMILES string of the molecule is Cc1cc(S(=O)(=O)Nc2ccc(Br)cc2)c(C)cc1Cl. The van der Waals surface area contributed by atoms with Crippen molar-refractivity contribution in [3.05, 3.63) is 57.0 Å². The standard InChI is InChI=1S/C14H13BrClNO2S/c1-9-8-14(10(2)7-13(9)16)20(18,19)17-12-5-3-11(15)4-6-12/h3-8,17H,1-2H3. The summed E-state index contributed by atoms with van der Waals surface area (Å²) in [5, 5.41) is 0.560. The highest BCUT2D eigenvalue weighted by Crippen LogP contribution is 2.26. The number of benzene rings is 2. The molecule has 2 aromatic carbocycles. The number of aryl methyl sites for hydroxylation is 2. The van der Waals surface area contributed by atoms with Gasteiger partial charge >= 0.3 is 0 Å². The van der Waals surface area contributed by atoms with E-state index in [2.05, 4.69) is 20.7 Å². The van der Waals surface area contributed by atoms with E-state index in [-0.39, 0.29) is 4.90 Å². The van der Waals surface area contributed by atoms with Crippen molar-refractivity contribution in [3.8, 4) is 0 Å². The molecule has 0 saturated carbocycles. The maximum atomic E-state index is 12.4. The highest BCUT2D eigenvalue weighted by molar-refractivity contribution is 9.10. The van der Waals surface area contributed by atoms with Gasteiger partial charge < -0.3 is 0 Å². The fourth-order valence-corrected chi connectivity index (χ4v) is 3.63. The summed E-state index contributed by atoms with van der Waals surface area (Å²) in [6, 6.07) is 10.2. The van der Waals surface area contributed by atoms with Gasteiger partial charge in [-0.3, -0.25) is 4.72 Å². The van der Waals surface area contributed by atoms with Gasteiger partial charge in [0.05, 0.1) is 4.90 Å². The van der Waals surface area contributed by atoms with Crippen LogP contribution in [0, 0.1) is 13.8 Å². The quantitative estimate of drug-likeness (QED) is 0.858. The summed E-state index contributed by atoms with van der Waals surface area (Å²) in [4.78, 5) is 0.238. The van der Waals surface area contributed by atoms with Crippen LogP contribution in [0.15, 0.2) is 45.8 Å². The molecule has 0 bridgehead atoms. The average molecular weight is 375 g/mol. The minimum absolute atomic E-state index is 0.238. The van der Waals surface area contributed by atoms with E-state index >= 15 is 0 Å². The largest absolute Gasteiger partial charge is 0.280 e. The van der Waals surface area contributed by atoms with E-state index in [1.54, 1.807) is 50.2 Å². The zero-order valence-corrected chi connectivity index (χ0v) is 14.1. The topological polar surface area (TPSA) is 46.2 Å². The molecule has 2 aromatic rings. The summed E-state index contributed by atoms with van der Waals surface area (Å²) < 4.78 is 28.3. The van der Waals surface area contributed by atoms with Crippen molar-refractivity contribution in [2.75, 3.05) is 4.72 Å². The van der Waals surface area contributed by atoms with Crippen molar-refractivity contribution < 1.29 is 8.42 Å². The van der Waals surface area contributed by atoms with Crippen LogP contribution in [0.4, 0.5) is 5.69 Å². The zero-order valence-electron chi connectivity index (χ0n) is 10.9. The van der Waals surface area contributed by atoms with Crippen LogP contribution in [0.2, 0.25) is 5.02 Å². The van der Waals surface area contributed by atoms with Crippen LogP contribution in [0.1, 0.15) is 11.1 Å². The Balaban J connectivity index is 2.40. The van der Waals surface area contributed by atoms with Gasteiger partial charge in [-0.1, -0.05) is 27.5 Å². The first kappa shape index (κ1) is 15.4. The van der Waals surface area contributed by atoms with E-state index in [1.807, 2.05) is 0 Å². The third kappa shape index (κ3) is 3.34. The number of hydrogen-bond acceptors (Lipinski definition) is 2. The van der Waals surface area contributed by atoms with E-state index in [1.165, 1.54) is 0 Å². The Morgan fingerprint density at radius 1 is 1.05 bits per heavy atom. The molecule has 3 nitrogen and oxygen atoms in total. The Bertz CT molecular complexity index is 743. The second-order valence-corrected chi connectivity index (χ2v) is 7.45. The van der Waals surface area contributed by atoms with Crippen LogP contribution in [0.5, 0.6) is 0 Å². The summed E-state index contributed by atoms with van der Waals surface area (Å²) in [6.07, 6.45) is 0. The first-order valence-electron chi connectivity index (χ1n) is 5.85. The minimum Gasteiger partial charge on any atom is -0.280 e. The molecule has 106 valence electrons. The van der Waals surface area contributed by atoms with Crippen LogP contribution in [-0.2, 0) is 10.0 Å². The molecule has 0 radical (unpaired) electrons. The van der Waals surface area contributed by atoms with E-state index in [4.69, 9.17) is 11.6 Å². The van der Waals surface area contributed by atoms with E-state index in [0.29, 0.717) is 16.3 Å². The predicted octanol–water partition coefficient (Wildman–Crippen LogP) is 4.52. The molecule has 0 aliphatic rings. The molecule has 2 rings (SSSR count). The first-order chi connectivity index (χ1) is 9.29. The molecule has 0 amide bonds. The number of halogens is 2. The van der Waals surface area contributed by atoms with Gasteiger partial charge in [-0.2, -0.15) is 0 Å². The molecule has 1 N–H and O–H groups in total. The molecule has 0 aliphatic heterocycles. The number of nitrogens with one attached hydrogen (secondary N) is 1. The molecule has 0 aliphatic carbocycles. The molecule has 6 heteroatoms. The molecular weight excluding hydrogens is 362 g/mol. The second-order valence-electron chi connectivity index (χ2n) is 4.48. The maximum Gasteiger partial charge on any atom is 0.262 e. The van der Waals surface area contributed by atoms with Gasteiger partial charge in [0.25, 0.3) is 10.0 Å². The molecule has 0 spiro atoms. The van der Waals surface area contributed by atoms with Crippen LogP contribution >= 0.6 is 27.5 Å². The summed E-state index contributed by atoms with van der Waals surface area (Å²) in [5.41, 5.74) is 1.86. The number of anilines is 1. The Morgan fingerprint density at radius 3 is 2.25 bits per heavy atom. The molecule has 0 unspecified atom stereocenters.